The molecule has 1 fully saturated rings. The van der Waals surface area contributed by atoms with Gasteiger partial charge in [-0.1, -0.05) is 32.5 Å². The van der Waals surface area contributed by atoms with E-state index in [1.807, 2.05) is 11.8 Å². The van der Waals surface area contributed by atoms with E-state index in [1.165, 1.54) is 12.2 Å². The summed E-state index contributed by atoms with van der Waals surface area (Å²) in [4.78, 5) is 4.53. The zero-order chi connectivity index (χ0) is 11.8. The first kappa shape index (κ1) is 13.8. The predicted molar refractivity (Wildman–Crippen MR) is 72.2 cm³/mol. The van der Waals surface area contributed by atoms with Gasteiger partial charge in [0.25, 0.3) is 0 Å². The molecular formula is C12H24N2OS. The van der Waals surface area contributed by atoms with Gasteiger partial charge in [-0.2, -0.15) is 0 Å². The average Bonchev–Trinajstić information content (AvgIpc) is 2.70. The number of amidine groups is 1. The molecule has 1 aliphatic rings. The summed E-state index contributed by atoms with van der Waals surface area (Å²) in [6.07, 6.45) is 2.21. The molecule has 1 saturated heterocycles. The van der Waals surface area contributed by atoms with Crippen LogP contribution >= 0.6 is 11.8 Å². The molecule has 0 aromatic rings. The number of aliphatic imine (C=N–C) groups is 1. The van der Waals surface area contributed by atoms with Gasteiger partial charge in [-0.25, -0.2) is 0 Å². The molecule has 1 atom stereocenters. The van der Waals surface area contributed by atoms with E-state index in [1.54, 1.807) is 0 Å². The van der Waals surface area contributed by atoms with Crippen LogP contribution in [0.3, 0.4) is 0 Å². The van der Waals surface area contributed by atoms with Gasteiger partial charge < -0.3 is 10.1 Å². The van der Waals surface area contributed by atoms with Gasteiger partial charge in [0, 0.05) is 31.6 Å². The standard InChI is InChI=1S/C12H24N2OS/c1-4-11-9-16-12(14-11)13-6-5-7-15-8-10(2)3/h10-11H,4-9H2,1-3H3,(H,13,14). The number of hydrogen-bond acceptors (Lipinski definition) is 3. The molecule has 4 heteroatoms. The van der Waals surface area contributed by atoms with Crippen LogP contribution in [-0.2, 0) is 4.74 Å². The Kier molecular flexibility index (Phi) is 6.88. The van der Waals surface area contributed by atoms with Gasteiger partial charge in [0.15, 0.2) is 5.17 Å². The molecule has 0 aromatic carbocycles. The first-order valence-electron chi connectivity index (χ1n) is 6.24. The van der Waals surface area contributed by atoms with E-state index in [2.05, 4.69) is 31.1 Å². The molecule has 0 saturated carbocycles. The minimum Gasteiger partial charge on any atom is -0.381 e. The highest BCUT2D eigenvalue weighted by molar-refractivity contribution is 8.14. The van der Waals surface area contributed by atoms with Gasteiger partial charge in [-0.05, 0) is 18.8 Å². The summed E-state index contributed by atoms with van der Waals surface area (Å²) < 4.78 is 5.51. The Labute approximate surface area is 103 Å². The van der Waals surface area contributed by atoms with Gasteiger partial charge in [-0.15, -0.1) is 0 Å². The maximum Gasteiger partial charge on any atom is 0.156 e. The van der Waals surface area contributed by atoms with Gasteiger partial charge in [-0.3, -0.25) is 4.99 Å². The van der Waals surface area contributed by atoms with Crippen LogP contribution in [0.25, 0.3) is 0 Å². The third-order valence-corrected chi connectivity index (χ3v) is 3.48. The van der Waals surface area contributed by atoms with E-state index < -0.39 is 0 Å². The van der Waals surface area contributed by atoms with E-state index >= 15 is 0 Å². The SMILES string of the molecule is CCC1CSC(=NCCCOCC(C)C)N1. The largest absolute Gasteiger partial charge is 0.381 e. The fourth-order valence-electron chi connectivity index (χ4n) is 1.41. The van der Waals surface area contributed by atoms with Crippen molar-refractivity contribution in [1.82, 2.24) is 5.32 Å². The minimum absolute atomic E-state index is 0.626. The Morgan fingerprint density at radius 1 is 1.56 bits per heavy atom. The van der Waals surface area contributed by atoms with Gasteiger partial charge in [0.1, 0.15) is 0 Å². The second-order valence-corrected chi connectivity index (χ2v) is 5.58. The van der Waals surface area contributed by atoms with Crippen molar-refractivity contribution >= 4 is 16.9 Å². The maximum absolute atomic E-state index is 5.51. The molecule has 0 amide bonds. The molecule has 94 valence electrons. The molecule has 0 spiro atoms. The van der Waals surface area contributed by atoms with Gasteiger partial charge >= 0.3 is 0 Å². The monoisotopic (exact) mass is 244 g/mol. The number of nitrogens with zero attached hydrogens (tertiary/aromatic N) is 1. The van der Waals surface area contributed by atoms with Crippen molar-refractivity contribution in [1.29, 1.82) is 0 Å². The van der Waals surface area contributed by atoms with Crippen LogP contribution in [0.2, 0.25) is 0 Å². The van der Waals surface area contributed by atoms with Crippen LogP contribution in [0.5, 0.6) is 0 Å². The molecular weight excluding hydrogens is 220 g/mol. The number of nitrogens with one attached hydrogen (secondary N) is 1. The molecule has 0 aromatic heterocycles. The van der Waals surface area contributed by atoms with E-state index in [0.717, 1.165) is 31.3 Å². The Hall–Kier alpha value is -0.220. The lowest BCUT2D eigenvalue weighted by atomic mass is 10.2. The zero-order valence-electron chi connectivity index (χ0n) is 10.7. The third kappa shape index (κ3) is 5.75. The molecule has 0 radical (unpaired) electrons. The number of thioether (sulfide) groups is 1. The summed E-state index contributed by atoms with van der Waals surface area (Å²) >= 11 is 1.84. The van der Waals surface area contributed by atoms with Crippen molar-refractivity contribution in [3.8, 4) is 0 Å². The fourth-order valence-corrected chi connectivity index (χ4v) is 2.53. The first-order valence-corrected chi connectivity index (χ1v) is 7.22. The Bertz CT molecular complexity index is 219. The van der Waals surface area contributed by atoms with Gasteiger partial charge in [0.05, 0.1) is 0 Å². The topological polar surface area (TPSA) is 33.6 Å². The summed E-state index contributed by atoms with van der Waals surface area (Å²) in [5, 5.41) is 4.54. The van der Waals surface area contributed by atoms with Crippen molar-refractivity contribution in [3.63, 3.8) is 0 Å². The first-order chi connectivity index (χ1) is 7.72. The summed E-state index contributed by atoms with van der Waals surface area (Å²) in [7, 11) is 0. The van der Waals surface area contributed by atoms with Crippen LogP contribution in [0.15, 0.2) is 4.99 Å². The highest BCUT2D eigenvalue weighted by Gasteiger charge is 2.17. The third-order valence-electron chi connectivity index (χ3n) is 2.40. The number of rotatable bonds is 7. The molecule has 3 nitrogen and oxygen atoms in total. The van der Waals surface area contributed by atoms with Crippen LogP contribution in [0.1, 0.15) is 33.6 Å². The van der Waals surface area contributed by atoms with Crippen molar-refractivity contribution in [2.45, 2.75) is 39.7 Å². The summed E-state index contributed by atoms with van der Waals surface area (Å²) in [5.41, 5.74) is 0. The highest BCUT2D eigenvalue weighted by atomic mass is 32.2. The number of ether oxygens (including phenoxy) is 1. The van der Waals surface area contributed by atoms with Crippen LogP contribution in [0, 0.1) is 5.92 Å². The van der Waals surface area contributed by atoms with Gasteiger partial charge in [0.2, 0.25) is 0 Å². The lowest BCUT2D eigenvalue weighted by molar-refractivity contribution is 0.109. The van der Waals surface area contributed by atoms with E-state index in [9.17, 15) is 0 Å². The maximum atomic E-state index is 5.51. The fraction of sp³-hybridized carbons (Fsp3) is 0.917. The molecule has 1 N–H and O–H groups in total. The Morgan fingerprint density at radius 3 is 3.00 bits per heavy atom. The lowest BCUT2D eigenvalue weighted by Crippen LogP contribution is -2.25. The average molecular weight is 244 g/mol. The van der Waals surface area contributed by atoms with E-state index in [0.29, 0.717) is 12.0 Å². The van der Waals surface area contributed by atoms with Crippen molar-refractivity contribution in [2.24, 2.45) is 10.9 Å². The lowest BCUT2D eigenvalue weighted by Gasteiger charge is -2.06. The highest BCUT2D eigenvalue weighted by Crippen LogP contribution is 2.15. The van der Waals surface area contributed by atoms with E-state index in [4.69, 9.17) is 4.74 Å². The molecule has 1 unspecified atom stereocenters. The molecule has 0 aliphatic carbocycles. The second kappa shape index (κ2) is 7.96. The predicted octanol–water partition coefficient (Wildman–Crippen LogP) is 2.52. The second-order valence-electron chi connectivity index (χ2n) is 4.57. The smallest absolute Gasteiger partial charge is 0.156 e. The number of hydrogen-bond donors (Lipinski definition) is 1. The van der Waals surface area contributed by atoms with Crippen LogP contribution in [0.4, 0.5) is 0 Å². The van der Waals surface area contributed by atoms with E-state index in [-0.39, 0.29) is 0 Å². The quantitative estimate of drug-likeness (QED) is 0.699. The Morgan fingerprint density at radius 2 is 2.38 bits per heavy atom. The normalized spacial score (nSPS) is 23.0. The minimum atomic E-state index is 0.626. The Balaban J connectivity index is 2.00. The molecule has 1 rings (SSSR count). The van der Waals surface area contributed by atoms with Crippen molar-refractivity contribution in [3.05, 3.63) is 0 Å². The van der Waals surface area contributed by atoms with Crippen molar-refractivity contribution < 1.29 is 4.74 Å². The summed E-state index contributed by atoms with van der Waals surface area (Å²) in [6, 6.07) is 0.626. The molecule has 1 heterocycles. The zero-order valence-corrected chi connectivity index (χ0v) is 11.5. The van der Waals surface area contributed by atoms with Crippen LogP contribution in [-0.4, -0.2) is 36.7 Å². The molecule has 16 heavy (non-hydrogen) atoms. The molecule has 0 bridgehead atoms. The summed E-state index contributed by atoms with van der Waals surface area (Å²) in [6.45, 7) is 9.12. The summed E-state index contributed by atoms with van der Waals surface area (Å²) in [5.74, 6) is 1.79. The van der Waals surface area contributed by atoms with Crippen LogP contribution < -0.4 is 5.32 Å². The molecule has 1 aliphatic heterocycles. The van der Waals surface area contributed by atoms with Crippen molar-refractivity contribution in [2.75, 3.05) is 25.5 Å².